The molecule has 4 nitrogen and oxygen atoms in total. The van der Waals surface area contributed by atoms with Crippen molar-refractivity contribution in [1.29, 1.82) is 0 Å². The first-order chi connectivity index (χ1) is 16.6. The van der Waals surface area contributed by atoms with Gasteiger partial charge in [0.15, 0.2) is 0 Å². The highest BCUT2D eigenvalue weighted by Gasteiger charge is 2.63. The summed E-state index contributed by atoms with van der Waals surface area (Å²) in [6, 6.07) is 24.6. The molecule has 2 fully saturated rings. The molecule has 34 heavy (non-hydrogen) atoms. The molecular formula is C30H26O4. The fraction of sp³-hybridized carbons (Fsp3) is 0.267. The van der Waals surface area contributed by atoms with Crippen molar-refractivity contribution in [2.24, 2.45) is 17.8 Å². The molecule has 3 aliphatic rings. The SMILES string of the molecule is C=Cc1ccc2c(c1)C1C(C2)C2CC1C(OC(=O)c1ccccc1)C2OC(=O)c1ccccc1. The molecule has 0 N–H and O–H groups in total. The van der Waals surface area contributed by atoms with Gasteiger partial charge >= 0.3 is 11.9 Å². The lowest BCUT2D eigenvalue weighted by atomic mass is 9.76. The number of hydrogen-bond donors (Lipinski definition) is 0. The fourth-order valence-electron chi connectivity index (χ4n) is 6.49. The highest BCUT2D eigenvalue weighted by atomic mass is 16.6. The van der Waals surface area contributed by atoms with Crippen LogP contribution in [0.2, 0.25) is 0 Å². The maximum absolute atomic E-state index is 13.0. The van der Waals surface area contributed by atoms with E-state index in [0.29, 0.717) is 23.0 Å². The zero-order valence-corrected chi connectivity index (χ0v) is 18.8. The molecule has 0 aromatic heterocycles. The van der Waals surface area contributed by atoms with Gasteiger partial charge in [-0.2, -0.15) is 0 Å². The van der Waals surface area contributed by atoms with E-state index in [0.717, 1.165) is 18.4 Å². The van der Waals surface area contributed by atoms with E-state index < -0.39 is 12.2 Å². The normalized spacial score (nSPS) is 28.1. The van der Waals surface area contributed by atoms with Gasteiger partial charge in [-0.3, -0.25) is 0 Å². The molecule has 2 bridgehead atoms. The standard InChI is InChI=1S/C30H26O4/c1-2-18-13-14-21-16-23-24-17-25(26(23)22(21)15-18)28(34-30(32)20-11-7-4-8-12-20)27(24)33-29(31)19-9-5-3-6-10-19/h2-15,23-28H,1,16-17H2. The molecule has 6 unspecified atom stereocenters. The van der Waals surface area contributed by atoms with E-state index in [4.69, 9.17) is 9.47 Å². The Kier molecular flexibility index (Phi) is 5.09. The molecule has 170 valence electrons. The maximum atomic E-state index is 13.0. The van der Waals surface area contributed by atoms with Crippen LogP contribution in [-0.4, -0.2) is 24.1 Å². The first kappa shape index (κ1) is 20.9. The summed E-state index contributed by atoms with van der Waals surface area (Å²) in [5, 5.41) is 0. The molecule has 0 aliphatic heterocycles. The molecule has 2 saturated carbocycles. The van der Waals surface area contributed by atoms with Crippen LogP contribution in [0.25, 0.3) is 6.08 Å². The molecule has 0 heterocycles. The Hall–Kier alpha value is -3.66. The van der Waals surface area contributed by atoms with Crippen molar-refractivity contribution in [1.82, 2.24) is 0 Å². The Balaban J connectivity index is 1.33. The van der Waals surface area contributed by atoms with Gasteiger partial charge in [-0.25, -0.2) is 9.59 Å². The largest absolute Gasteiger partial charge is 0.455 e. The highest BCUT2D eigenvalue weighted by Crippen LogP contribution is 2.63. The molecule has 3 aromatic rings. The molecule has 0 amide bonds. The fourth-order valence-corrected chi connectivity index (χ4v) is 6.49. The van der Waals surface area contributed by atoms with Crippen LogP contribution in [0.1, 0.15) is 49.7 Å². The van der Waals surface area contributed by atoms with E-state index >= 15 is 0 Å². The van der Waals surface area contributed by atoms with Gasteiger partial charge in [0, 0.05) is 11.8 Å². The Labute approximate surface area is 199 Å². The summed E-state index contributed by atoms with van der Waals surface area (Å²) in [5.41, 5.74) is 4.81. The smallest absolute Gasteiger partial charge is 0.338 e. The maximum Gasteiger partial charge on any atom is 0.338 e. The lowest BCUT2D eigenvalue weighted by Gasteiger charge is -2.37. The monoisotopic (exact) mass is 450 g/mol. The Morgan fingerprint density at radius 3 is 1.94 bits per heavy atom. The lowest BCUT2D eigenvalue weighted by Crippen LogP contribution is -2.45. The molecule has 6 atom stereocenters. The lowest BCUT2D eigenvalue weighted by molar-refractivity contribution is -0.0698. The number of esters is 2. The zero-order valence-electron chi connectivity index (χ0n) is 18.8. The topological polar surface area (TPSA) is 52.6 Å². The number of ether oxygens (including phenoxy) is 2. The number of fused-ring (bicyclic) bond motifs is 7. The number of carbonyl (C=O) groups is 2. The van der Waals surface area contributed by atoms with E-state index in [1.54, 1.807) is 24.3 Å². The van der Waals surface area contributed by atoms with Crippen LogP contribution in [0, 0.1) is 17.8 Å². The van der Waals surface area contributed by atoms with Gasteiger partial charge in [0.2, 0.25) is 0 Å². The van der Waals surface area contributed by atoms with Gasteiger partial charge < -0.3 is 9.47 Å². The summed E-state index contributed by atoms with van der Waals surface area (Å²) in [5.74, 6) is 0.252. The predicted octanol–water partition coefficient (Wildman–Crippen LogP) is 5.69. The third kappa shape index (κ3) is 3.37. The van der Waals surface area contributed by atoms with Crippen LogP contribution >= 0.6 is 0 Å². The van der Waals surface area contributed by atoms with Crippen molar-refractivity contribution in [2.75, 3.05) is 0 Å². The second-order valence-corrected chi connectivity index (χ2v) is 9.59. The average molecular weight is 451 g/mol. The van der Waals surface area contributed by atoms with Gasteiger partial charge in [0.1, 0.15) is 12.2 Å². The van der Waals surface area contributed by atoms with Crippen molar-refractivity contribution in [3.63, 3.8) is 0 Å². The third-order valence-electron chi connectivity index (χ3n) is 7.91. The van der Waals surface area contributed by atoms with Crippen molar-refractivity contribution in [3.05, 3.63) is 113 Å². The van der Waals surface area contributed by atoms with Crippen molar-refractivity contribution in [2.45, 2.75) is 31.0 Å². The Morgan fingerprint density at radius 1 is 0.765 bits per heavy atom. The van der Waals surface area contributed by atoms with Crippen LogP contribution in [0.15, 0.2) is 85.4 Å². The van der Waals surface area contributed by atoms with E-state index in [1.807, 2.05) is 42.5 Å². The molecule has 3 aliphatic carbocycles. The molecular weight excluding hydrogens is 424 g/mol. The Bertz CT molecular complexity index is 1250. The van der Waals surface area contributed by atoms with Crippen molar-refractivity contribution in [3.8, 4) is 0 Å². The molecule has 6 rings (SSSR count). The second kappa shape index (κ2) is 8.28. The van der Waals surface area contributed by atoms with Gasteiger partial charge in [-0.1, -0.05) is 67.3 Å². The molecule has 4 heteroatoms. The minimum Gasteiger partial charge on any atom is -0.455 e. The van der Waals surface area contributed by atoms with E-state index in [2.05, 4.69) is 24.8 Å². The van der Waals surface area contributed by atoms with Crippen LogP contribution < -0.4 is 0 Å². The summed E-state index contributed by atoms with van der Waals surface area (Å²) in [6.45, 7) is 3.92. The van der Waals surface area contributed by atoms with Crippen LogP contribution in [-0.2, 0) is 15.9 Å². The Morgan fingerprint density at radius 2 is 1.35 bits per heavy atom. The number of carbonyl (C=O) groups excluding carboxylic acids is 2. The van der Waals surface area contributed by atoms with Crippen LogP contribution in [0.5, 0.6) is 0 Å². The minimum absolute atomic E-state index is 0.123. The highest BCUT2D eigenvalue weighted by molar-refractivity contribution is 5.90. The van der Waals surface area contributed by atoms with Gasteiger partial charge in [0.05, 0.1) is 11.1 Å². The number of benzene rings is 3. The van der Waals surface area contributed by atoms with E-state index in [1.165, 1.54) is 11.1 Å². The van der Waals surface area contributed by atoms with E-state index in [-0.39, 0.29) is 23.8 Å². The van der Waals surface area contributed by atoms with Crippen LogP contribution in [0.4, 0.5) is 0 Å². The quantitative estimate of drug-likeness (QED) is 0.469. The van der Waals surface area contributed by atoms with E-state index in [9.17, 15) is 9.59 Å². The predicted molar refractivity (Wildman–Crippen MR) is 129 cm³/mol. The van der Waals surface area contributed by atoms with Gasteiger partial charge in [-0.05, 0) is 65.6 Å². The summed E-state index contributed by atoms with van der Waals surface area (Å²) in [4.78, 5) is 26.0. The minimum atomic E-state index is -0.468. The molecule has 0 saturated heterocycles. The summed E-state index contributed by atoms with van der Waals surface area (Å²) < 4.78 is 12.2. The third-order valence-corrected chi connectivity index (χ3v) is 7.91. The second-order valence-electron chi connectivity index (χ2n) is 9.59. The summed E-state index contributed by atoms with van der Waals surface area (Å²) >= 11 is 0. The number of hydrogen-bond acceptors (Lipinski definition) is 4. The molecule has 3 aromatic carbocycles. The van der Waals surface area contributed by atoms with Crippen molar-refractivity contribution < 1.29 is 19.1 Å². The molecule has 0 spiro atoms. The van der Waals surface area contributed by atoms with Gasteiger partial charge in [0.25, 0.3) is 0 Å². The summed E-state index contributed by atoms with van der Waals surface area (Å²) in [7, 11) is 0. The summed E-state index contributed by atoms with van der Waals surface area (Å²) in [6.07, 6.45) is 2.83. The van der Waals surface area contributed by atoms with Crippen LogP contribution in [0.3, 0.4) is 0 Å². The first-order valence-electron chi connectivity index (χ1n) is 11.9. The van der Waals surface area contributed by atoms with Gasteiger partial charge in [-0.15, -0.1) is 0 Å². The zero-order chi connectivity index (χ0) is 23.2. The first-order valence-corrected chi connectivity index (χ1v) is 11.9. The molecule has 0 radical (unpaired) electrons. The van der Waals surface area contributed by atoms with Crippen molar-refractivity contribution >= 4 is 18.0 Å². The number of rotatable bonds is 5. The average Bonchev–Trinajstić information content (AvgIpc) is 3.54.